The molecule has 1 unspecified atom stereocenters. The van der Waals surface area contributed by atoms with Crippen molar-refractivity contribution in [2.45, 2.75) is 18.9 Å². The molecule has 6 nitrogen and oxygen atoms in total. The smallest absolute Gasteiger partial charge is 0.272 e. The third-order valence-corrected chi connectivity index (χ3v) is 6.08. The second-order valence-corrected chi connectivity index (χ2v) is 8.00. The van der Waals surface area contributed by atoms with Gasteiger partial charge in [-0.15, -0.1) is 0 Å². The van der Waals surface area contributed by atoms with Gasteiger partial charge in [0.2, 0.25) is 0 Å². The first-order valence-electron chi connectivity index (χ1n) is 10.9. The van der Waals surface area contributed by atoms with Crippen LogP contribution in [-0.2, 0) is 6.42 Å². The first-order chi connectivity index (χ1) is 16.2. The Morgan fingerprint density at radius 1 is 0.970 bits per heavy atom. The van der Waals surface area contributed by atoms with Crippen molar-refractivity contribution in [3.63, 3.8) is 0 Å². The molecule has 1 aliphatic carbocycles. The molecule has 0 saturated carbocycles. The van der Waals surface area contributed by atoms with Gasteiger partial charge in [0.05, 0.1) is 25.9 Å². The summed E-state index contributed by atoms with van der Waals surface area (Å²) in [5.41, 5.74) is 5.27. The molecule has 1 amide bonds. The predicted molar refractivity (Wildman–Crippen MR) is 127 cm³/mol. The average molecular weight is 440 g/mol. The summed E-state index contributed by atoms with van der Waals surface area (Å²) in [5.74, 6) is 1.03. The minimum atomic E-state index is -0.198. The number of methoxy groups -OCH3 is 2. The van der Waals surface area contributed by atoms with Crippen LogP contribution in [0.3, 0.4) is 0 Å². The highest BCUT2D eigenvalue weighted by atomic mass is 16.5. The van der Waals surface area contributed by atoms with E-state index in [1.54, 1.807) is 18.9 Å². The van der Waals surface area contributed by atoms with Crippen molar-refractivity contribution in [1.29, 1.82) is 0 Å². The van der Waals surface area contributed by atoms with E-state index in [0.29, 0.717) is 17.2 Å². The van der Waals surface area contributed by atoms with E-state index in [4.69, 9.17) is 9.47 Å². The molecule has 6 heteroatoms. The van der Waals surface area contributed by atoms with Gasteiger partial charge < -0.3 is 14.8 Å². The van der Waals surface area contributed by atoms with Crippen LogP contribution < -0.4 is 14.8 Å². The summed E-state index contributed by atoms with van der Waals surface area (Å²) >= 11 is 0. The lowest BCUT2D eigenvalue weighted by Crippen LogP contribution is -2.28. The summed E-state index contributed by atoms with van der Waals surface area (Å²) in [6.07, 6.45) is 3.73. The number of carbonyl (C=O) groups excluding carboxylic acids is 1. The van der Waals surface area contributed by atoms with Gasteiger partial charge in [-0.05, 0) is 53.8 Å². The monoisotopic (exact) mass is 439 g/mol. The number of aryl methyl sites for hydroxylation is 1. The van der Waals surface area contributed by atoms with Gasteiger partial charge in [0.1, 0.15) is 0 Å². The quantitative estimate of drug-likeness (QED) is 0.461. The molecule has 1 heterocycles. The Labute approximate surface area is 192 Å². The van der Waals surface area contributed by atoms with Crippen molar-refractivity contribution in [3.8, 4) is 28.3 Å². The molecule has 1 atom stereocenters. The number of hydrogen-bond donors (Lipinski definition) is 1. The minimum Gasteiger partial charge on any atom is -0.493 e. The van der Waals surface area contributed by atoms with Gasteiger partial charge >= 0.3 is 0 Å². The third kappa shape index (κ3) is 3.96. The lowest BCUT2D eigenvalue weighted by Gasteiger charge is -2.14. The number of hydrogen-bond acceptors (Lipinski definition) is 4. The lowest BCUT2D eigenvalue weighted by atomic mass is 10.0. The minimum absolute atomic E-state index is 0.0196. The van der Waals surface area contributed by atoms with Crippen LogP contribution in [0.1, 0.15) is 34.1 Å². The van der Waals surface area contributed by atoms with Crippen molar-refractivity contribution < 1.29 is 14.3 Å². The van der Waals surface area contributed by atoms with Crippen LogP contribution in [0.25, 0.3) is 16.8 Å². The first kappa shape index (κ1) is 20.8. The predicted octanol–water partition coefficient (Wildman–Crippen LogP) is 4.97. The Bertz CT molecular complexity index is 1300. The number of rotatable bonds is 6. The van der Waals surface area contributed by atoms with Gasteiger partial charge in [-0.2, -0.15) is 5.10 Å². The van der Waals surface area contributed by atoms with Gasteiger partial charge in [-0.3, -0.25) is 4.79 Å². The molecule has 0 saturated heterocycles. The summed E-state index contributed by atoms with van der Waals surface area (Å²) < 4.78 is 12.6. The molecule has 4 aromatic rings. The van der Waals surface area contributed by atoms with Crippen molar-refractivity contribution in [3.05, 3.63) is 95.8 Å². The molecule has 1 aliphatic rings. The molecule has 0 aliphatic heterocycles. The normalized spacial score (nSPS) is 14.5. The average Bonchev–Trinajstić information content (AvgIpc) is 3.49. The van der Waals surface area contributed by atoms with Crippen LogP contribution in [0.15, 0.2) is 79.0 Å². The summed E-state index contributed by atoms with van der Waals surface area (Å²) in [7, 11) is 3.20. The number of aromatic nitrogens is 2. The summed E-state index contributed by atoms with van der Waals surface area (Å²) in [6, 6.07) is 23.6. The van der Waals surface area contributed by atoms with Crippen LogP contribution in [0, 0.1) is 0 Å². The zero-order chi connectivity index (χ0) is 22.8. The van der Waals surface area contributed by atoms with E-state index in [2.05, 4.69) is 22.5 Å². The molecule has 33 heavy (non-hydrogen) atoms. The van der Waals surface area contributed by atoms with Gasteiger partial charge in [-0.1, -0.05) is 48.5 Å². The zero-order valence-electron chi connectivity index (χ0n) is 18.6. The third-order valence-electron chi connectivity index (χ3n) is 6.08. The molecule has 0 spiro atoms. The van der Waals surface area contributed by atoms with Crippen molar-refractivity contribution in [1.82, 2.24) is 15.1 Å². The molecule has 0 fully saturated rings. The molecule has 0 bridgehead atoms. The van der Waals surface area contributed by atoms with E-state index in [-0.39, 0.29) is 11.9 Å². The first-order valence-corrected chi connectivity index (χ1v) is 10.9. The number of amides is 1. The van der Waals surface area contributed by atoms with Gasteiger partial charge in [0, 0.05) is 11.8 Å². The van der Waals surface area contributed by atoms with E-state index in [0.717, 1.165) is 29.7 Å². The number of fused-ring (bicyclic) bond motifs is 1. The standard InChI is InChI=1S/C27H25N3O3/c1-32-24-15-13-19(16-25(24)33-2)22-17-30(20-9-4-3-5-10-20)29-26(22)27(31)28-23-14-12-18-8-6-7-11-21(18)23/h3-11,13,15-17,23H,12,14H2,1-2H3,(H,28,31). The zero-order valence-corrected chi connectivity index (χ0v) is 18.6. The number of nitrogens with one attached hydrogen (secondary N) is 1. The summed E-state index contributed by atoms with van der Waals surface area (Å²) in [5, 5.41) is 7.89. The summed E-state index contributed by atoms with van der Waals surface area (Å²) in [6.45, 7) is 0. The number of ether oxygens (including phenoxy) is 2. The molecule has 0 radical (unpaired) electrons. The van der Waals surface area contributed by atoms with Crippen LogP contribution in [0.4, 0.5) is 0 Å². The molecule has 3 aromatic carbocycles. The Hall–Kier alpha value is -4.06. The van der Waals surface area contributed by atoms with Gasteiger partial charge in [0.15, 0.2) is 17.2 Å². The van der Waals surface area contributed by atoms with Gasteiger partial charge in [-0.25, -0.2) is 4.68 Å². The number of para-hydroxylation sites is 1. The highest BCUT2D eigenvalue weighted by Crippen LogP contribution is 2.35. The van der Waals surface area contributed by atoms with Crippen molar-refractivity contribution >= 4 is 5.91 Å². The SMILES string of the molecule is COc1ccc(-c2cn(-c3ccccc3)nc2C(=O)NC2CCc3ccccc32)cc1OC. The van der Waals surface area contributed by atoms with E-state index in [9.17, 15) is 4.79 Å². The molecule has 1 N–H and O–H groups in total. The van der Waals surface area contributed by atoms with Crippen molar-refractivity contribution in [2.75, 3.05) is 14.2 Å². The number of carbonyl (C=O) groups is 1. The number of nitrogens with zero attached hydrogens (tertiary/aromatic N) is 2. The largest absolute Gasteiger partial charge is 0.493 e. The fourth-order valence-corrected chi connectivity index (χ4v) is 4.40. The van der Waals surface area contributed by atoms with Crippen LogP contribution >= 0.6 is 0 Å². The van der Waals surface area contributed by atoms with Crippen molar-refractivity contribution in [2.24, 2.45) is 0 Å². The second kappa shape index (κ2) is 8.82. The maximum Gasteiger partial charge on any atom is 0.272 e. The second-order valence-electron chi connectivity index (χ2n) is 8.00. The maximum atomic E-state index is 13.5. The van der Waals surface area contributed by atoms with E-state index >= 15 is 0 Å². The molecule has 5 rings (SSSR count). The molecule has 166 valence electrons. The molecular formula is C27H25N3O3. The lowest BCUT2D eigenvalue weighted by molar-refractivity contribution is 0.0932. The fraction of sp³-hybridized carbons (Fsp3) is 0.185. The summed E-state index contributed by atoms with van der Waals surface area (Å²) in [4.78, 5) is 13.5. The Morgan fingerprint density at radius 2 is 1.73 bits per heavy atom. The highest BCUT2D eigenvalue weighted by Gasteiger charge is 2.27. The molecular weight excluding hydrogens is 414 g/mol. The van der Waals surface area contributed by atoms with E-state index in [1.165, 1.54) is 11.1 Å². The Kier molecular flexibility index (Phi) is 5.57. The maximum absolute atomic E-state index is 13.5. The highest BCUT2D eigenvalue weighted by molar-refractivity contribution is 5.99. The van der Waals surface area contributed by atoms with E-state index in [1.807, 2.05) is 66.9 Å². The van der Waals surface area contributed by atoms with Crippen LogP contribution in [0.5, 0.6) is 11.5 Å². The Balaban J connectivity index is 1.55. The molecule has 1 aromatic heterocycles. The Morgan fingerprint density at radius 3 is 2.52 bits per heavy atom. The van der Waals surface area contributed by atoms with Gasteiger partial charge in [0.25, 0.3) is 5.91 Å². The fourth-order valence-electron chi connectivity index (χ4n) is 4.40. The topological polar surface area (TPSA) is 65.4 Å². The van der Waals surface area contributed by atoms with Crippen LogP contribution in [-0.4, -0.2) is 29.9 Å². The van der Waals surface area contributed by atoms with Crippen LogP contribution in [0.2, 0.25) is 0 Å². The van der Waals surface area contributed by atoms with E-state index < -0.39 is 0 Å². The number of benzene rings is 3.